The Labute approximate surface area is 118 Å². The molecule has 1 atom stereocenters. The van der Waals surface area contributed by atoms with Crippen molar-refractivity contribution in [3.63, 3.8) is 0 Å². The molecule has 8 heteroatoms. The third-order valence-electron chi connectivity index (χ3n) is 2.51. The summed E-state index contributed by atoms with van der Waals surface area (Å²) >= 11 is 0. The molecule has 0 bridgehead atoms. The van der Waals surface area contributed by atoms with Crippen LogP contribution >= 0.6 is 0 Å². The predicted octanol–water partition coefficient (Wildman–Crippen LogP) is 0.217. The second kappa shape index (κ2) is 9.24. The minimum atomic E-state index is -5.91. The van der Waals surface area contributed by atoms with Crippen LogP contribution in [0.15, 0.2) is 0 Å². The first-order chi connectivity index (χ1) is 7.73. The van der Waals surface area contributed by atoms with Crippen LogP contribution in [-0.2, 0) is 10.1 Å². The van der Waals surface area contributed by atoms with Crippen LogP contribution in [-0.4, -0.2) is 24.4 Å². The van der Waals surface area contributed by atoms with Gasteiger partial charge in [-0.15, -0.1) is 0 Å². The second-order valence-electron chi connectivity index (χ2n) is 4.04. The van der Waals surface area contributed by atoms with E-state index in [4.69, 9.17) is 0 Å². The number of alkyl halides is 3. The maximum absolute atomic E-state index is 12.9. The van der Waals surface area contributed by atoms with Gasteiger partial charge in [0.1, 0.15) is 0 Å². The molecular weight excluding hydrogens is 264 g/mol. The van der Waals surface area contributed by atoms with Crippen LogP contribution in [0.25, 0.3) is 0 Å². The van der Waals surface area contributed by atoms with Crippen molar-refractivity contribution in [3.05, 3.63) is 0 Å². The summed E-state index contributed by atoms with van der Waals surface area (Å²) in [6, 6.07) is 0. The quantitative estimate of drug-likeness (QED) is 0.345. The zero-order valence-corrected chi connectivity index (χ0v) is 11.6. The minimum absolute atomic E-state index is 0. The van der Waals surface area contributed by atoms with Gasteiger partial charge in [0.25, 0.3) is 0 Å². The van der Waals surface area contributed by atoms with E-state index in [0.29, 0.717) is 6.42 Å². The summed E-state index contributed by atoms with van der Waals surface area (Å²) in [5.41, 5.74) is 0. The van der Waals surface area contributed by atoms with Crippen molar-refractivity contribution in [3.8, 4) is 0 Å². The first-order valence-electron chi connectivity index (χ1n) is 5.70. The molecule has 0 aromatic heterocycles. The molecule has 0 N–H and O–H groups in total. The van der Waals surface area contributed by atoms with E-state index in [2.05, 4.69) is 0 Å². The number of rotatable bonds is 9. The molecule has 0 aliphatic heterocycles. The van der Waals surface area contributed by atoms with E-state index in [1.54, 1.807) is 0 Å². The molecule has 0 spiro atoms. The fourth-order valence-electron chi connectivity index (χ4n) is 1.43. The van der Waals surface area contributed by atoms with Crippen molar-refractivity contribution in [1.82, 2.24) is 0 Å². The maximum atomic E-state index is 12.9. The Morgan fingerprint density at radius 3 is 2.00 bits per heavy atom. The van der Waals surface area contributed by atoms with Gasteiger partial charge < -0.3 is 4.55 Å². The summed E-state index contributed by atoms with van der Waals surface area (Å²) in [6.07, 6.45) is 1.05. The van der Waals surface area contributed by atoms with Gasteiger partial charge in [0.2, 0.25) is 0 Å². The number of unbranched alkanes of at least 4 members (excludes halogenated alkanes) is 5. The largest absolute Gasteiger partial charge is 1.00 e. The van der Waals surface area contributed by atoms with Crippen molar-refractivity contribution in [2.24, 2.45) is 0 Å². The SMILES string of the molecule is CCCCCCCCC(F)C(F)(F)S(=O)(=O)[O-].[Li+]. The van der Waals surface area contributed by atoms with E-state index in [1.165, 1.54) is 0 Å². The Bertz CT molecular complexity index is 309. The zero-order chi connectivity index (χ0) is 13.5. The molecule has 0 rings (SSSR count). The van der Waals surface area contributed by atoms with Crippen LogP contribution in [0.1, 0.15) is 51.9 Å². The number of hydrogen-bond donors (Lipinski definition) is 0. The van der Waals surface area contributed by atoms with Crippen LogP contribution in [0, 0.1) is 0 Å². The molecule has 0 fully saturated rings. The Balaban J connectivity index is 0. The van der Waals surface area contributed by atoms with Gasteiger partial charge in [-0.25, -0.2) is 12.8 Å². The van der Waals surface area contributed by atoms with Gasteiger partial charge in [0, 0.05) is 0 Å². The van der Waals surface area contributed by atoms with Crippen LogP contribution in [0.2, 0.25) is 0 Å². The average Bonchev–Trinajstić information content (AvgIpc) is 2.21. The molecule has 0 saturated heterocycles. The van der Waals surface area contributed by atoms with Gasteiger partial charge in [-0.05, 0) is 6.42 Å². The molecule has 0 aromatic carbocycles. The number of halogens is 3. The Kier molecular flexibility index (Phi) is 10.6. The van der Waals surface area contributed by atoms with E-state index in [-0.39, 0.29) is 25.3 Å². The van der Waals surface area contributed by atoms with Crippen molar-refractivity contribution < 1.29 is 45.0 Å². The monoisotopic (exact) mass is 282 g/mol. The summed E-state index contributed by atoms with van der Waals surface area (Å²) in [7, 11) is -5.91. The fourth-order valence-corrected chi connectivity index (χ4v) is 1.86. The first kappa shape index (κ1) is 20.6. The van der Waals surface area contributed by atoms with Crippen molar-refractivity contribution >= 4 is 10.1 Å². The van der Waals surface area contributed by atoms with Crippen molar-refractivity contribution in [2.75, 3.05) is 0 Å². The summed E-state index contributed by atoms with van der Waals surface area (Å²) in [4.78, 5) is 0. The predicted molar refractivity (Wildman–Crippen MR) is 57.5 cm³/mol. The molecule has 0 aliphatic rings. The normalized spacial score (nSPS) is 14.1. The van der Waals surface area contributed by atoms with Crippen molar-refractivity contribution in [2.45, 2.75) is 63.3 Å². The summed E-state index contributed by atoms with van der Waals surface area (Å²) < 4.78 is 68.6. The molecule has 0 heterocycles. The molecule has 18 heavy (non-hydrogen) atoms. The zero-order valence-electron chi connectivity index (χ0n) is 10.8. The average molecular weight is 282 g/mol. The smallest absolute Gasteiger partial charge is 0.743 e. The molecular formula is C10H18F3LiO3S. The number of hydrogen-bond acceptors (Lipinski definition) is 3. The minimum Gasteiger partial charge on any atom is -0.743 e. The van der Waals surface area contributed by atoms with Gasteiger partial charge in [0.05, 0.1) is 0 Å². The Hall–Kier alpha value is 0.297. The summed E-state index contributed by atoms with van der Waals surface area (Å²) in [5, 5.41) is -4.81. The van der Waals surface area contributed by atoms with Crippen LogP contribution in [0.5, 0.6) is 0 Å². The van der Waals surface area contributed by atoms with Crippen LogP contribution in [0.3, 0.4) is 0 Å². The molecule has 0 aromatic rings. The van der Waals surface area contributed by atoms with Gasteiger partial charge in [-0.2, -0.15) is 8.78 Å². The van der Waals surface area contributed by atoms with E-state index in [1.807, 2.05) is 6.92 Å². The van der Waals surface area contributed by atoms with Gasteiger partial charge in [-0.1, -0.05) is 45.4 Å². The molecule has 0 saturated carbocycles. The van der Waals surface area contributed by atoms with Gasteiger partial charge >= 0.3 is 24.1 Å². The Morgan fingerprint density at radius 1 is 1.11 bits per heavy atom. The van der Waals surface area contributed by atoms with Gasteiger partial charge in [-0.3, -0.25) is 0 Å². The molecule has 0 aliphatic carbocycles. The Morgan fingerprint density at radius 2 is 1.56 bits per heavy atom. The van der Waals surface area contributed by atoms with Crippen LogP contribution in [0.4, 0.5) is 13.2 Å². The third-order valence-corrected chi connectivity index (χ3v) is 3.43. The van der Waals surface area contributed by atoms with Crippen LogP contribution < -0.4 is 18.9 Å². The van der Waals surface area contributed by atoms with Gasteiger partial charge in [0.15, 0.2) is 16.3 Å². The standard InChI is InChI=1S/C10H19F3O3S.Li/c1-2-3-4-5-6-7-8-9(11)10(12,13)17(14,15)16;/h9H,2-8H2,1H3,(H,14,15,16);/q;+1/p-1. The summed E-state index contributed by atoms with van der Waals surface area (Å²) in [6.45, 7) is 2.03. The van der Waals surface area contributed by atoms with E-state index < -0.39 is 28.0 Å². The molecule has 1 unspecified atom stereocenters. The van der Waals surface area contributed by atoms with Crippen molar-refractivity contribution in [1.29, 1.82) is 0 Å². The first-order valence-corrected chi connectivity index (χ1v) is 7.11. The van der Waals surface area contributed by atoms with E-state index >= 15 is 0 Å². The fraction of sp³-hybridized carbons (Fsp3) is 1.00. The topological polar surface area (TPSA) is 57.2 Å². The van der Waals surface area contributed by atoms with E-state index in [0.717, 1.165) is 25.7 Å². The third kappa shape index (κ3) is 7.03. The van der Waals surface area contributed by atoms with E-state index in [9.17, 15) is 26.1 Å². The molecule has 0 amide bonds. The molecule has 3 nitrogen and oxygen atoms in total. The molecule has 104 valence electrons. The second-order valence-corrected chi connectivity index (χ2v) is 5.49. The maximum Gasteiger partial charge on any atom is 1.00 e. The summed E-state index contributed by atoms with van der Waals surface area (Å²) in [5.74, 6) is 0. The molecule has 0 radical (unpaired) electrons.